The van der Waals surface area contributed by atoms with Crippen molar-refractivity contribution in [2.75, 3.05) is 6.54 Å². The van der Waals surface area contributed by atoms with Crippen LogP contribution >= 0.6 is 0 Å². The summed E-state index contributed by atoms with van der Waals surface area (Å²) in [5.41, 5.74) is 0. The Bertz CT molecular complexity index is 217. The highest BCUT2D eigenvalue weighted by atomic mass is 14.9. The van der Waals surface area contributed by atoms with E-state index in [0.29, 0.717) is 0 Å². The van der Waals surface area contributed by atoms with Gasteiger partial charge in [0.2, 0.25) is 0 Å². The highest BCUT2D eigenvalue weighted by molar-refractivity contribution is 4.91. The van der Waals surface area contributed by atoms with E-state index >= 15 is 0 Å². The zero-order valence-electron chi connectivity index (χ0n) is 10.0. The molecule has 3 fully saturated rings. The summed E-state index contributed by atoms with van der Waals surface area (Å²) in [5, 5.41) is 3.65. The van der Waals surface area contributed by atoms with Gasteiger partial charge in [0.15, 0.2) is 0 Å². The van der Waals surface area contributed by atoms with E-state index in [4.69, 9.17) is 0 Å². The molecule has 5 atom stereocenters. The van der Waals surface area contributed by atoms with E-state index in [-0.39, 0.29) is 0 Å². The van der Waals surface area contributed by atoms with Crippen LogP contribution in [0.2, 0.25) is 0 Å². The lowest BCUT2D eigenvalue weighted by atomic mass is 9.79. The summed E-state index contributed by atoms with van der Waals surface area (Å²) >= 11 is 0. The molecule has 86 valence electrons. The van der Waals surface area contributed by atoms with E-state index in [0.717, 1.165) is 29.7 Å². The van der Waals surface area contributed by atoms with Crippen LogP contribution in [-0.4, -0.2) is 12.6 Å². The molecule has 2 bridgehead atoms. The molecule has 3 rings (SSSR count). The third-order valence-corrected chi connectivity index (χ3v) is 5.28. The number of hydrogen-bond donors (Lipinski definition) is 1. The number of hydrogen-bond acceptors (Lipinski definition) is 1. The van der Waals surface area contributed by atoms with Crippen molar-refractivity contribution in [3.8, 4) is 0 Å². The van der Waals surface area contributed by atoms with Gasteiger partial charge in [-0.1, -0.05) is 6.42 Å². The molecule has 1 N–H and O–H groups in total. The topological polar surface area (TPSA) is 12.0 Å². The largest absolute Gasteiger partial charge is 0.314 e. The Labute approximate surface area is 94.0 Å². The fraction of sp³-hybridized carbons (Fsp3) is 1.00. The van der Waals surface area contributed by atoms with Crippen molar-refractivity contribution < 1.29 is 0 Å². The summed E-state index contributed by atoms with van der Waals surface area (Å²) in [7, 11) is 0. The van der Waals surface area contributed by atoms with Crippen LogP contribution in [0.3, 0.4) is 0 Å². The fourth-order valence-corrected chi connectivity index (χ4v) is 4.35. The summed E-state index contributed by atoms with van der Waals surface area (Å²) in [6, 6.07) is 0.779. The third kappa shape index (κ3) is 2.08. The van der Waals surface area contributed by atoms with Crippen molar-refractivity contribution in [2.45, 2.75) is 57.9 Å². The summed E-state index contributed by atoms with van der Waals surface area (Å²) in [6.07, 6.45) is 10.7. The molecule has 1 saturated heterocycles. The summed E-state index contributed by atoms with van der Waals surface area (Å²) in [6.45, 7) is 3.63. The molecule has 2 aliphatic carbocycles. The third-order valence-electron chi connectivity index (χ3n) is 5.28. The standard InChI is InChI=1S/C14H25N/c1-10-2-3-12(9-15-10)8-14-7-11-4-5-13(14)6-11/h10-15H,2-9H2,1H3. The average Bonchev–Trinajstić information content (AvgIpc) is 2.83. The van der Waals surface area contributed by atoms with E-state index < -0.39 is 0 Å². The average molecular weight is 207 g/mol. The van der Waals surface area contributed by atoms with Crippen molar-refractivity contribution in [3.05, 3.63) is 0 Å². The van der Waals surface area contributed by atoms with Crippen molar-refractivity contribution >= 4 is 0 Å². The van der Waals surface area contributed by atoms with E-state index in [1.165, 1.54) is 19.4 Å². The lowest BCUT2D eigenvalue weighted by molar-refractivity contribution is 0.224. The molecule has 0 aromatic carbocycles. The first-order valence-corrected chi connectivity index (χ1v) is 7.04. The van der Waals surface area contributed by atoms with Gasteiger partial charge in [-0.2, -0.15) is 0 Å². The smallest absolute Gasteiger partial charge is 0.00389 e. The molecule has 0 amide bonds. The van der Waals surface area contributed by atoms with E-state index in [1.807, 2.05) is 0 Å². The van der Waals surface area contributed by atoms with Gasteiger partial charge in [-0.15, -0.1) is 0 Å². The minimum atomic E-state index is 0.779. The highest BCUT2D eigenvalue weighted by Crippen LogP contribution is 2.50. The van der Waals surface area contributed by atoms with E-state index in [1.54, 1.807) is 32.1 Å². The number of piperidine rings is 1. The van der Waals surface area contributed by atoms with Crippen LogP contribution in [0.25, 0.3) is 0 Å². The van der Waals surface area contributed by atoms with Crippen LogP contribution in [-0.2, 0) is 0 Å². The van der Waals surface area contributed by atoms with Crippen molar-refractivity contribution in [1.29, 1.82) is 0 Å². The number of rotatable bonds is 2. The quantitative estimate of drug-likeness (QED) is 0.733. The van der Waals surface area contributed by atoms with Crippen LogP contribution in [0.1, 0.15) is 51.9 Å². The highest BCUT2D eigenvalue weighted by Gasteiger charge is 2.40. The Balaban J connectivity index is 1.49. The minimum Gasteiger partial charge on any atom is -0.314 e. The van der Waals surface area contributed by atoms with Crippen LogP contribution < -0.4 is 5.32 Å². The normalized spacial score (nSPS) is 49.8. The summed E-state index contributed by atoms with van der Waals surface area (Å²) < 4.78 is 0. The Morgan fingerprint density at radius 1 is 1.07 bits per heavy atom. The first-order valence-electron chi connectivity index (χ1n) is 7.04. The van der Waals surface area contributed by atoms with Gasteiger partial charge in [-0.25, -0.2) is 0 Å². The van der Waals surface area contributed by atoms with Crippen molar-refractivity contribution in [3.63, 3.8) is 0 Å². The van der Waals surface area contributed by atoms with Crippen molar-refractivity contribution in [1.82, 2.24) is 5.32 Å². The van der Waals surface area contributed by atoms with Gasteiger partial charge in [0, 0.05) is 6.04 Å². The minimum absolute atomic E-state index is 0.779. The Hall–Kier alpha value is -0.0400. The van der Waals surface area contributed by atoms with Gasteiger partial charge >= 0.3 is 0 Å². The SMILES string of the molecule is CC1CCC(CC2CC3CCC2C3)CN1. The molecular weight excluding hydrogens is 182 g/mol. The van der Waals surface area contributed by atoms with Gasteiger partial charge in [0.1, 0.15) is 0 Å². The molecule has 0 spiro atoms. The van der Waals surface area contributed by atoms with Gasteiger partial charge in [-0.05, 0) is 75.7 Å². The predicted octanol–water partition coefficient (Wildman–Crippen LogP) is 3.20. The Morgan fingerprint density at radius 3 is 2.60 bits per heavy atom. The van der Waals surface area contributed by atoms with Gasteiger partial charge < -0.3 is 5.32 Å². The molecule has 0 aromatic heterocycles. The van der Waals surface area contributed by atoms with Gasteiger partial charge in [0.25, 0.3) is 0 Å². The maximum atomic E-state index is 3.65. The van der Waals surface area contributed by atoms with Crippen LogP contribution in [0.4, 0.5) is 0 Å². The molecule has 5 unspecified atom stereocenters. The van der Waals surface area contributed by atoms with Crippen LogP contribution in [0.5, 0.6) is 0 Å². The molecule has 1 aliphatic heterocycles. The monoisotopic (exact) mass is 207 g/mol. The molecule has 3 aliphatic rings. The zero-order valence-corrected chi connectivity index (χ0v) is 10.0. The first-order chi connectivity index (χ1) is 7.31. The number of fused-ring (bicyclic) bond motifs is 2. The molecular formula is C14H25N. The van der Waals surface area contributed by atoms with E-state index in [2.05, 4.69) is 12.2 Å². The van der Waals surface area contributed by atoms with Crippen molar-refractivity contribution in [2.24, 2.45) is 23.7 Å². The second-order valence-corrected chi connectivity index (χ2v) is 6.42. The second kappa shape index (κ2) is 4.08. The molecule has 1 nitrogen and oxygen atoms in total. The molecule has 15 heavy (non-hydrogen) atoms. The number of nitrogens with one attached hydrogen (secondary N) is 1. The van der Waals surface area contributed by atoms with Gasteiger partial charge in [0.05, 0.1) is 0 Å². The zero-order chi connectivity index (χ0) is 10.3. The Kier molecular flexibility index (Phi) is 2.76. The Morgan fingerprint density at radius 2 is 2.00 bits per heavy atom. The molecule has 0 aromatic rings. The predicted molar refractivity (Wildman–Crippen MR) is 63.7 cm³/mol. The second-order valence-electron chi connectivity index (χ2n) is 6.42. The maximum absolute atomic E-state index is 3.65. The lowest BCUT2D eigenvalue weighted by Crippen LogP contribution is -2.37. The molecule has 1 heterocycles. The van der Waals surface area contributed by atoms with Crippen LogP contribution in [0.15, 0.2) is 0 Å². The fourth-order valence-electron chi connectivity index (χ4n) is 4.35. The van der Waals surface area contributed by atoms with Gasteiger partial charge in [-0.3, -0.25) is 0 Å². The van der Waals surface area contributed by atoms with E-state index in [9.17, 15) is 0 Å². The summed E-state index contributed by atoms with van der Waals surface area (Å²) in [4.78, 5) is 0. The molecule has 0 radical (unpaired) electrons. The summed E-state index contributed by atoms with van der Waals surface area (Å²) in [5.74, 6) is 4.39. The van der Waals surface area contributed by atoms with Crippen LogP contribution in [0, 0.1) is 23.7 Å². The molecule has 2 saturated carbocycles. The molecule has 1 heteroatoms. The first kappa shape index (κ1) is 10.1. The lowest BCUT2D eigenvalue weighted by Gasteiger charge is -2.32. The maximum Gasteiger partial charge on any atom is 0.00389 e.